The number of hydrogen-bond acceptors (Lipinski definition) is 2. The minimum absolute atomic E-state index is 0.0566. The lowest BCUT2D eigenvalue weighted by atomic mass is 10.0. The van der Waals surface area contributed by atoms with Crippen molar-refractivity contribution in [2.75, 3.05) is 7.11 Å². The lowest BCUT2D eigenvalue weighted by molar-refractivity contribution is 0.104. The highest BCUT2D eigenvalue weighted by atomic mass is 16.5. The smallest absolute Gasteiger partial charge is 0.185 e. The molecule has 0 unspecified atom stereocenters. The van der Waals surface area contributed by atoms with Gasteiger partial charge in [0.1, 0.15) is 5.75 Å². The minimum Gasteiger partial charge on any atom is -0.496 e. The van der Waals surface area contributed by atoms with Crippen LogP contribution in [0.2, 0.25) is 0 Å². The van der Waals surface area contributed by atoms with Crippen LogP contribution in [-0.4, -0.2) is 12.9 Å². The first-order valence-electron chi connectivity index (χ1n) is 4.42. The van der Waals surface area contributed by atoms with Gasteiger partial charge in [-0.3, -0.25) is 4.79 Å². The Morgan fingerprint density at radius 3 is 2.21 bits per heavy atom. The largest absolute Gasteiger partial charge is 0.496 e. The third-order valence-corrected chi connectivity index (χ3v) is 2.13. The lowest BCUT2D eigenvalue weighted by Crippen LogP contribution is -1.98. The molecule has 0 atom stereocenters. The van der Waals surface area contributed by atoms with Gasteiger partial charge in [-0.05, 0) is 43.2 Å². The molecule has 2 heteroatoms. The van der Waals surface area contributed by atoms with E-state index in [1.165, 1.54) is 6.08 Å². The Kier molecular flexibility index (Phi) is 3.07. The van der Waals surface area contributed by atoms with Gasteiger partial charge in [-0.2, -0.15) is 0 Å². The second kappa shape index (κ2) is 4.09. The Morgan fingerprint density at radius 2 is 1.86 bits per heavy atom. The summed E-state index contributed by atoms with van der Waals surface area (Å²) in [6, 6.07) is 3.63. The summed E-state index contributed by atoms with van der Waals surface area (Å²) in [5.41, 5.74) is 2.60. The summed E-state index contributed by atoms with van der Waals surface area (Å²) in [5.74, 6) is 0.782. The molecule has 0 radical (unpaired) electrons. The van der Waals surface area contributed by atoms with E-state index in [0.717, 1.165) is 16.9 Å². The number of hydrogen-bond donors (Lipinski definition) is 0. The Bertz CT molecular complexity index is 355. The molecule has 0 saturated carbocycles. The van der Waals surface area contributed by atoms with Crippen LogP contribution in [0.3, 0.4) is 0 Å². The number of allylic oxidation sites excluding steroid dienone is 1. The average molecular weight is 190 g/mol. The van der Waals surface area contributed by atoms with Crippen molar-refractivity contribution < 1.29 is 9.53 Å². The molecule has 0 aromatic heterocycles. The van der Waals surface area contributed by atoms with Gasteiger partial charge in [0.15, 0.2) is 5.78 Å². The van der Waals surface area contributed by atoms with E-state index in [0.29, 0.717) is 5.56 Å². The molecule has 1 aromatic carbocycles. The molecule has 14 heavy (non-hydrogen) atoms. The summed E-state index contributed by atoms with van der Waals surface area (Å²) in [4.78, 5) is 11.4. The van der Waals surface area contributed by atoms with Crippen LogP contribution in [0.4, 0.5) is 0 Å². The summed E-state index contributed by atoms with van der Waals surface area (Å²) in [5, 5.41) is 0. The van der Waals surface area contributed by atoms with Crippen molar-refractivity contribution in [3.8, 4) is 5.75 Å². The first-order valence-corrected chi connectivity index (χ1v) is 4.42. The fourth-order valence-corrected chi connectivity index (χ4v) is 1.53. The zero-order chi connectivity index (χ0) is 10.7. The monoisotopic (exact) mass is 190 g/mol. The van der Waals surface area contributed by atoms with Gasteiger partial charge < -0.3 is 4.74 Å². The number of methoxy groups -OCH3 is 1. The molecular formula is C12H14O2. The maximum Gasteiger partial charge on any atom is 0.185 e. The summed E-state index contributed by atoms with van der Waals surface area (Å²) in [6.45, 7) is 7.30. The second-order valence-corrected chi connectivity index (χ2v) is 3.21. The van der Waals surface area contributed by atoms with Gasteiger partial charge in [-0.15, -0.1) is 0 Å². The fraction of sp³-hybridized carbons (Fsp3) is 0.250. The van der Waals surface area contributed by atoms with Crippen LogP contribution in [0.15, 0.2) is 24.8 Å². The molecule has 0 fully saturated rings. The van der Waals surface area contributed by atoms with Crippen molar-refractivity contribution in [2.45, 2.75) is 13.8 Å². The molecule has 0 bridgehead atoms. The van der Waals surface area contributed by atoms with Gasteiger partial charge in [-0.1, -0.05) is 6.58 Å². The third-order valence-electron chi connectivity index (χ3n) is 2.13. The third kappa shape index (κ3) is 1.84. The topological polar surface area (TPSA) is 26.3 Å². The second-order valence-electron chi connectivity index (χ2n) is 3.21. The molecule has 1 aromatic rings. The highest BCUT2D eigenvalue weighted by Crippen LogP contribution is 2.24. The zero-order valence-electron chi connectivity index (χ0n) is 8.76. The Hall–Kier alpha value is -1.57. The SMILES string of the molecule is C=CC(=O)c1cc(C)c(OC)c(C)c1. The number of benzene rings is 1. The van der Waals surface area contributed by atoms with Crippen LogP contribution in [0, 0.1) is 13.8 Å². The number of carbonyl (C=O) groups excluding carboxylic acids is 1. The van der Waals surface area contributed by atoms with Crippen molar-refractivity contribution in [1.29, 1.82) is 0 Å². The highest BCUT2D eigenvalue weighted by Gasteiger charge is 2.08. The predicted octanol–water partition coefficient (Wildman–Crippen LogP) is 2.68. The van der Waals surface area contributed by atoms with Crippen LogP contribution < -0.4 is 4.74 Å². The number of rotatable bonds is 3. The maximum absolute atomic E-state index is 11.4. The van der Waals surface area contributed by atoms with Crippen molar-refractivity contribution in [2.24, 2.45) is 0 Å². The quantitative estimate of drug-likeness (QED) is 0.541. The minimum atomic E-state index is -0.0566. The summed E-state index contributed by atoms with van der Waals surface area (Å²) in [6.07, 6.45) is 1.32. The molecule has 0 aliphatic heterocycles. The summed E-state index contributed by atoms with van der Waals surface area (Å²) < 4.78 is 5.21. The molecule has 0 N–H and O–H groups in total. The van der Waals surface area contributed by atoms with Crippen LogP contribution in [0.5, 0.6) is 5.75 Å². The van der Waals surface area contributed by atoms with Crippen molar-refractivity contribution >= 4 is 5.78 Å². The molecule has 0 aliphatic carbocycles. The fourth-order valence-electron chi connectivity index (χ4n) is 1.53. The number of aryl methyl sites for hydroxylation is 2. The maximum atomic E-state index is 11.4. The van der Waals surface area contributed by atoms with E-state index in [1.807, 2.05) is 26.0 Å². The molecule has 0 spiro atoms. The van der Waals surface area contributed by atoms with Crippen LogP contribution in [0.1, 0.15) is 21.5 Å². The average Bonchev–Trinajstić information content (AvgIpc) is 2.16. The van der Waals surface area contributed by atoms with Crippen LogP contribution >= 0.6 is 0 Å². The zero-order valence-corrected chi connectivity index (χ0v) is 8.76. The molecule has 0 saturated heterocycles. The standard InChI is InChI=1S/C12H14O2/c1-5-11(13)10-6-8(2)12(14-4)9(3)7-10/h5-7H,1H2,2-4H3. The highest BCUT2D eigenvalue weighted by molar-refractivity contribution is 6.04. The predicted molar refractivity (Wildman–Crippen MR) is 57.0 cm³/mol. The van der Waals surface area contributed by atoms with Gasteiger partial charge in [0.05, 0.1) is 7.11 Å². The van der Waals surface area contributed by atoms with Crippen LogP contribution in [-0.2, 0) is 0 Å². The Balaban J connectivity index is 3.27. The van der Waals surface area contributed by atoms with Crippen molar-refractivity contribution in [1.82, 2.24) is 0 Å². The lowest BCUT2D eigenvalue weighted by Gasteiger charge is -2.09. The first kappa shape index (κ1) is 10.5. The van der Waals surface area contributed by atoms with E-state index >= 15 is 0 Å². The number of ether oxygens (including phenoxy) is 1. The Labute approximate surface area is 84.2 Å². The number of ketones is 1. The molecule has 74 valence electrons. The van der Waals surface area contributed by atoms with Gasteiger partial charge in [0.2, 0.25) is 0 Å². The molecule has 2 nitrogen and oxygen atoms in total. The van der Waals surface area contributed by atoms with Crippen LogP contribution in [0.25, 0.3) is 0 Å². The molecular weight excluding hydrogens is 176 g/mol. The van der Waals surface area contributed by atoms with E-state index in [1.54, 1.807) is 7.11 Å². The summed E-state index contributed by atoms with van der Waals surface area (Å²) in [7, 11) is 1.63. The normalized spacial score (nSPS) is 9.64. The van der Waals surface area contributed by atoms with Crippen molar-refractivity contribution in [3.05, 3.63) is 41.5 Å². The van der Waals surface area contributed by atoms with Gasteiger partial charge >= 0.3 is 0 Å². The molecule has 0 amide bonds. The van der Waals surface area contributed by atoms with E-state index in [4.69, 9.17) is 4.74 Å². The number of carbonyl (C=O) groups is 1. The molecule has 0 aliphatic rings. The van der Waals surface area contributed by atoms with Gasteiger partial charge in [0.25, 0.3) is 0 Å². The van der Waals surface area contributed by atoms with Gasteiger partial charge in [0, 0.05) is 5.56 Å². The molecule has 1 rings (SSSR count). The molecule has 0 heterocycles. The Morgan fingerprint density at radius 1 is 1.36 bits per heavy atom. The van der Waals surface area contributed by atoms with E-state index in [2.05, 4.69) is 6.58 Å². The first-order chi connectivity index (χ1) is 6.60. The van der Waals surface area contributed by atoms with E-state index < -0.39 is 0 Å². The van der Waals surface area contributed by atoms with E-state index in [-0.39, 0.29) is 5.78 Å². The van der Waals surface area contributed by atoms with Crippen molar-refractivity contribution in [3.63, 3.8) is 0 Å². The summed E-state index contributed by atoms with van der Waals surface area (Å²) >= 11 is 0. The van der Waals surface area contributed by atoms with Gasteiger partial charge in [-0.25, -0.2) is 0 Å². The van der Waals surface area contributed by atoms with E-state index in [9.17, 15) is 4.79 Å².